The lowest BCUT2D eigenvalue weighted by molar-refractivity contribution is -0.129. The van der Waals surface area contributed by atoms with E-state index in [4.69, 9.17) is 0 Å². The van der Waals surface area contributed by atoms with Crippen molar-refractivity contribution >= 4 is 12.1 Å². The molecule has 0 fully saturated rings. The lowest BCUT2D eigenvalue weighted by atomic mass is 10.1. The highest BCUT2D eigenvalue weighted by atomic mass is 19.1. The van der Waals surface area contributed by atoms with Crippen molar-refractivity contribution in [2.75, 3.05) is 0 Å². The molecular weight excluding hydrogens is 159 g/mol. The van der Waals surface area contributed by atoms with Crippen LogP contribution in [0.25, 0.3) is 0 Å². The molecule has 0 saturated carbocycles. The third kappa shape index (κ3) is 1.99. The second kappa shape index (κ2) is 3.76. The predicted octanol–water partition coefficient (Wildman–Crippen LogP) is 1.14. The number of halogens is 1. The zero-order chi connectivity index (χ0) is 8.97. The van der Waals surface area contributed by atoms with E-state index in [-0.39, 0.29) is 18.3 Å². The summed E-state index contributed by atoms with van der Waals surface area (Å²) in [4.78, 5) is 20.5. The number of ketones is 1. The largest absolute Gasteiger partial charge is 0.295 e. The second-order valence-electron chi connectivity index (χ2n) is 2.35. The Hall–Kier alpha value is -1.51. The van der Waals surface area contributed by atoms with E-state index in [1.54, 1.807) is 6.07 Å². The van der Waals surface area contributed by atoms with Gasteiger partial charge >= 0.3 is 0 Å². The Kier molecular flexibility index (Phi) is 2.69. The van der Waals surface area contributed by atoms with Crippen LogP contribution >= 0.6 is 0 Å². The fourth-order valence-electron chi connectivity index (χ4n) is 0.871. The molecule has 0 bridgehead atoms. The van der Waals surface area contributed by atoms with E-state index in [0.29, 0.717) is 0 Å². The van der Waals surface area contributed by atoms with Gasteiger partial charge in [0, 0.05) is 6.42 Å². The molecule has 0 aliphatic rings. The maximum atomic E-state index is 12.8. The minimum Gasteiger partial charge on any atom is -0.295 e. The number of Topliss-reactive ketones (excluding diaryl/α,β-unsaturated/α-hetero) is 1. The molecule has 0 atom stereocenters. The molecule has 0 heterocycles. The minimum absolute atomic E-state index is 0.157. The summed E-state index contributed by atoms with van der Waals surface area (Å²) in [6.07, 6.45) is 0.0443. The highest BCUT2D eigenvalue weighted by Gasteiger charge is 2.05. The Balaban J connectivity index is 2.82. The molecule has 1 rings (SSSR count). The quantitative estimate of drug-likeness (QED) is 0.498. The average Bonchev–Trinajstić information content (AvgIpc) is 2.09. The first kappa shape index (κ1) is 8.59. The Bertz CT molecular complexity index is 307. The maximum Gasteiger partial charge on any atom is 0.199 e. The van der Waals surface area contributed by atoms with Crippen LogP contribution in [0.15, 0.2) is 24.3 Å². The highest BCUT2D eigenvalue weighted by Crippen LogP contribution is 2.06. The Morgan fingerprint density at radius 2 is 2.08 bits per heavy atom. The second-order valence-corrected chi connectivity index (χ2v) is 2.35. The van der Waals surface area contributed by atoms with Crippen LogP contribution in [0.4, 0.5) is 4.39 Å². The van der Waals surface area contributed by atoms with Gasteiger partial charge in [-0.1, -0.05) is 18.2 Å². The summed E-state index contributed by atoms with van der Waals surface area (Å²) < 4.78 is 12.8. The standard InChI is InChI=1S/C9H7FO2/c10-9-4-2-1-3-7(9)5-8(12)6-11/h1-4,6H,5H2. The molecule has 0 amide bonds. The van der Waals surface area contributed by atoms with E-state index >= 15 is 0 Å². The molecule has 1 aromatic carbocycles. The third-order valence-electron chi connectivity index (χ3n) is 1.45. The molecule has 0 N–H and O–H groups in total. The lowest BCUT2D eigenvalue weighted by Crippen LogP contribution is -2.04. The number of rotatable bonds is 3. The van der Waals surface area contributed by atoms with Crippen molar-refractivity contribution in [3.63, 3.8) is 0 Å². The lowest BCUT2D eigenvalue weighted by Gasteiger charge is -1.96. The van der Waals surface area contributed by atoms with Crippen LogP contribution in [0.5, 0.6) is 0 Å². The van der Waals surface area contributed by atoms with Gasteiger partial charge in [0.2, 0.25) is 0 Å². The van der Waals surface area contributed by atoms with Crippen molar-refractivity contribution in [1.29, 1.82) is 0 Å². The summed E-state index contributed by atoms with van der Waals surface area (Å²) >= 11 is 0. The molecule has 3 heteroatoms. The van der Waals surface area contributed by atoms with Gasteiger partial charge in [-0.25, -0.2) is 4.39 Å². The molecule has 0 saturated heterocycles. The first-order valence-corrected chi connectivity index (χ1v) is 3.45. The maximum absolute atomic E-state index is 12.8. The van der Waals surface area contributed by atoms with Crippen molar-refractivity contribution in [3.05, 3.63) is 35.6 Å². The highest BCUT2D eigenvalue weighted by molar-refractivity contribution is 6.25. The van der Waals surface area contributed by atoms with Crippen molar-refractivity contribution in [2.45, 2.75) is 6.42 Å². The number of carbonyl (C=O) groups is 2. The summed E-state index contributed by atoms with van der Waals surface area (Å²) in [5, 5.41) is 0. The number of hydrogen-bond acceptors (Lipinski definition) is 2. The van der Waals surface area contributed by atoms with Crippen LogP contribution in [0.2, 0.25) is 0 Å². The normalized spacial score (nSPS) is 9.42. The summed E-state index contributed by atoms with van der Waals surface area (Å²) in [5.41, 5.74) is 0.259. The van der Waals surface area contributed by atoms with Gasteiger partial charge in [-0.3, -0.25) is 9.59 Å². The smallest absolute Gasteiger partial charge is 0.199 e. The van der Waals surface area contributed by atoms with Crippen LogP contribution in [0.3, 0.4) is 0 Å². The molecule has 0 aromatic heterocycles. The molecule has 0 aliphatic heterocycles. The monoisotopic (exact) mass is 166 g/mol. The fraction of sp³-hybridized carbons (Fsp3) is 0.111. The number of aldehydes is 1. The first-order valence-electron chi connectivity index (χ1n) is 3.45. The van der Waals surface area contributed by atoms with Gasteiger partial charge < -0.3 is 0 Å². The molecule has 62 valence electrons. The van der Waals surface area contributed by atoms with Gasteiger partial charge in [-0.15, -0.1) is 0 Å². The van der Waals surface area contributed by atoms with Crippen molar-refractivity contribution in [3.8, 4) is 0 Å². The Morgan fingerprint density at radius 1 is 1.42 bits per heavy atom. The fourth-order valence-corrected chi connectivity index (χ4v) is 0.871. The Morgan fingerprint density at radius 3 is 2.67 bits per heavy atom. The number of benzene rings is 1. The molecule has 0 aliphatic carbocycles. The van der Waals surface area contributed by atoms with Crippen LogP contribution in [-0.2, 0) is 16.0 Å². The van der Waals surface area contributed by atoms with Gasteiger partial charge in [-0.2, -0.15) is 0 Å². The Labute approximate surface area is 69.0 Å². The summed E-state index contributed by atoms with van der Waals surface area (Å²) in [7, 11) is 0. The average molecular weight is 166 g/mol. The van der Waals surface area contributed by atoms with Crippen molar-refractivity contribution < 1.29 is 14.0 Å². The zero-order valence-electron chi connectivity index (χ0n) is 6.29. The number of carbonyl (C=O) groups excluding carboxylic acids is 2. The SMILES string of the molecule is O=CC(=O)Cc1ccccc1F. The van der Waals surface area contributed by atoms with Gasteiger partial charge in [0.1, 0.15) is 5.82 Å². The summed E-state index contributed by atoms with van der Waals surface area (Å²) in [6.45, 7) is 0. The molecule has 0 unspecified atom stereocenters. The van der Waals surface area contributed by atoms with Gasteiger partial charge in [-0.05, 0) is 11.6 Å². The van der Waals surface area contributed by atoms with E-state index in [1.165, 1.54) is 18.2 Å². The van der Waals surface area contributed by atoms with Crippen LogP contribution in [-0.4, -0.2) is 12.1 Å². The minimum atomic E-state index is -0.611. The van der Waals surface area contributed by atoms with Crippen LogP contribution < -0.4 is 0 Å². The predicted molar refractivity (Wildman–Crippen MR) is 41.2 cm³/mol. The van der Waals surface area contributed by atoms with E-state index in [9.17, 15) is 14.0 Å². The van der Waals surface area contributed by atoms with Gasteiger partial charge in [0.15, 0.2) is 12.1 Å². The molecule has 0 spiro atoms. The summed E-state index contributed by atoms with van der Waals surface area (Å²) in [5.74, 6) is -1.06. The zero-order valence-corrected chi connectivity index (χ0v) is 6.29. The van der Waals surface area contributed by atoms with E-state index in [0.717, 1.165) is 0 Å². The van der Waals surface area contributed by atoms with Crippen molar-refractivity contribution in [1.82, 2.24) is 0 Å². The van der Waals surface area contributed by atoms with E-state index < -0.39 is 11.6 Å². The first-order chi connectivity index (χ1) is 5.74. The van der Waals surface area contributed by atoms with Crippen LogP contribution in [0, 0.1) is 5.82 Å². The van der Waals surface area contributed by atoms with Crippen LogP contribution in [0.1, 0.15) is 5.56 Å². The molecule has 12 heavy (non-hydrogen) atoms. The van der Waals surface area contributed by atoms with Gasteiger partial charge in [0.25, 0.3) is 0 Å². The summed E-state index contributed by atoms with van der Waals surface area (Å²) in [6, 6.07) is 5.89. The van der Waals surface area contributed by atoms with E-state index in [1.807, 2.05) is 0 Å². The van der Waals surface area contributed by atoms with Gasteiger partial charge in [0.05, 0.1) is 0 Å². The molecule has 1 aromatic rings. The molecule has 2 nitrogen and oxygen atoms in total. The van der Waals surface area contributed by atoms with Crippen molar-refractivity contribution in [2.24, 2.45) is 0 Å². The molecular formula is C9H7FO2. The topological polar surface area (TPSA) is 34.1 Å². The molecule has 0 radical (unpaired) electrons. The number of hydrogen-bond donors (Lipinski definition) is 0. The van der Waals surface area contributed by atoms with E-state index in [2.05, 4.69) is 0 Å². The third-order valence-corrected chi connectivity index (χ3v) is 1.45.